The van der Waals surface area contributed by atoms with Gasteiger partial charge in [-0.2, -0.15) is 5.10 Å². The number of carbonyl (C=O) groups excluding carboxylic acids is 1. The normalized spacial score (nSPS) is 17.5. The fourth-order valence-electron chi connectivity index (χ4n) is 2.60. The Bertz CT molecular complexity index is 669. The second-order valence-electron chi connectivity index (χ2n) is 5.63. The van der Waals surface area contributed by atoms with Crippen molar-refractivity contribution in [3.63, 3.8) is 0 Å². The summed E-state index contributed by atoms with van der Waals surface area (Å²) < 4.78 is 28.0. The Labute approximate surface area is 127 Å². The van der Waals surface area contributed by atoms with Gasteiger partial charge in [-0.15, -0.1) is 0 Å². The highest BCUT2D eigenvalue weighted by atomic mass is 19.3. The van der Waals surface area contributed by atoms with Crippen molar-refractivity contribution in [2.24, 2.45) is 7.05 Å². The van der Waals surface area contributed by atoms with Crippen molar-refractivity contribution in [3.05, 3.63) is 42.2 Å². The Balaban J connectivity index is 1.71. The molecule has 1 aliphatic rings. The van der Waals surface area contributed by atoms with Gasteiger partial charge in [0.05, 0.1) is 6.20 Å². The zero-order valence-corrected chi connectivity index (χ0v) is 12.3. The number of nitrogens with zero attached hydrogens (tertiary/aromatic N) is 3. The number of rotatable bonds is 2. The first-order valence-electron chi connectivity index (χ1n) is 7.21. The SMILES string of the molecule is Cn1cc(-c2ccc(C(=O)N3CCC(F)(F)CC3)cc2)cn1. The van der Waals surface area contributed by atoms with Gasteiger partial charge >= 0.3 is 0 Å². The second kappa shape index (κ2) is 5.51. The minimum atomic E-state index is -2.64. The summed E-state index contributed by atoms with van der Waals surface area (Å²) in [5.74, 6) is -2.82. The quantitative estimate of drug-likeness (QED) is 0.855. The smallest absolute Gasteiger partial charge is 0.253 e. The summed E-state index contributed by atoms with van der Waals surface area (Å²) in [4.78, 5) is 13.8. The van der Waals surface area contributed by atoms with E-state index in [-0.39, 0.29) is 31.8 Å². The van der Waals surface area contributed by atoms with Crippen molar-refractivity contribution in [3.8, 4) is 11.1 Å². The van der Waals surface area contributed by atoms with Crippen LogP contribution in [0.3, 0.4) is 0 Å². The predicted octanol–water partition coefficient (Wildman–Crippen LogP) is 2.96. The highest BCUT2D eigenvalue weighted by molar-refractivity contribution is 5.94. The number of aromatic nitrogens is 2. The van der Waals surface area contributed by atoms with E-state index < -0.39 is 5.92 Å². The lowest BCUT2D eigenvalue weighted by Crippen LogP contribution is -2.42. The van der Waals surface area contributed by atoms with E-state index in [1.54, 1.807) is 23.0 Å². The topological polar surface area (TPSA) is 38.1 Å². The van der Waals surface area contributed by atoms with Gasteiger partial charge in [0.2, 0.25) is 0 Å². The number of hydrogen-bond donors (Lipinski definition) is 0. The van der Waals surface area contributed by atoms with E-state index in [1.807, 2.05) is 25.4 Å². The average Bonchev–Trinajstić information content (AvgIpc) is 2.93. The fourth-order valence-corrected chi connectivity index (χ4v) is 2.60. The van der Waals surface area contributed by atoms with Crippen molar-refractivity contribution in [1.82, 2.24) is 14.7 Å². The molecule has 0 spiro atoms. The van der Waals surface area contributed by atoms with Crippen molar-refractivity contribution in [2.45, 2.75) is 18.8 Å². The molecule has 0 unspecified atom stereocenters. The molecule has 1 fully saturated rings. The van der Waals surface area contributed by atoms with Crippen molar-refractivity contribution in [1.29, 1.82) is 0 Å². The molecule has 6 heteroatoms. The largest absolute Gasteiger partial charge is 0.338 e. The number of likely N-dealkylation sites (tertiary alicyclic amines) is 1. The van der Waals surface area contributed by atoms with Gasteiger partial charge in [-0.25, -0.2) is 8.78 Å². The molecule has 116 valence electrons. The molecule has 1 aromatic carbocycles. The van der Waals surface area contributed by atoms with Gasteiger partial charge < -0.3 is 4.90 Å². The zero-order valence-electron chi connectivity index (χ0n) is 12.3. The zero-order chi connectivity index (χ0) is 15.7. The summed E-state index contributed by atoms with van der Waals surface area (Å²) >= 11 is 0. The van der Waals surface area contributed by atoms with Gasteiger partial charge in [-0.05, 0) is 17.7 Å². The highest BCUT2D eigenvalue weighted by Crippen LogP contribution is 2.28. The third-order valence-electron chi connectivity index (χ3n) is 3.95. The summed E-state index contributed by atoms with van der Waals surface area (Å²) in [5, 5.41) is 4.11. The Kier molecular flexibility index (Phi) is 3.68. The van der Waals surface area contributed by atoms with Crippen LogP contribution >= 0.6 is 0 Å². The van der Waals surface area contributed by atoms with Gasteiger partial charge in [-0.3, -0.25) is 9.48 Å². The predicted molar refractivity (Wildman–Crippen MR) is 78.7 cm³/mol. The Morgan fingerprint density at radius 2 is 1.77 bits per heavy atom. The molecule has 1 aromatic heterocycles. The van der Waals surface area contributed by atoms with Gasteiger partial charge in [0, 0.05) is 50.3 Å². The standard InChI is InChI=1S/C16H17F2N3O/c1-20-11-14(10-19-20)12-2-4-13(5-3-12)15(22)21-8-6-16(17,18)7-9-21/h2-5,10-11H,6-9H2,1H3. The minimum Gasteiger partial charge on any atom is -0.338 e. The number of alkyl halides is 2. The lowest BCUT2D eigenvalue weighted by atomic mass is 10.0. The van der Waals surface area contributed by atoms with Gasteiger partial charge in [0.15, 0.2) is 0 Å². The first kappa shape index (κ1) is 14.7. The highest BCUT2D eigenvalue weighted by Gasteiger charge is 2.35. The Morgan fingerprint density at radius 3 is 2.32 bits per heavy atom. The maximum atomic E-state index is 13.1. The third-order valence-corrected chi connectivity index (χ3v) is 3.95. The first-order chi connectivity index (χ1) is 10.4. The van der Waals surface area contributed by atoms with Gasteiger partial charge in [0.1, 0.15) is 0 Å². The van der Waals surface area contributed by atoms with Crippen molar-refractivity contribution < 1.29 is 13.6 Å². The first-order valence-corrected chi connectivity index (χ1v) is 7.21. The monoisotopic (exact) mass is 305 g/mol. The van der Waals surface area contributed by atoms with Crippen LogP contribution < -0.4 is 0 Å². The average molecular weight is 305 g/mol. The molecular formula is C16H17F2N3O. The van der Waals surface area contributed by atoms with E-state index in [9.17, 15) is 13.6 Å². The molecule has 0 aliphatic carbocycles. The summed E-state index contributed by atoms with van der Waals surface area (Å²) in [6.45, 7) is 0.215. The Morgan fingerprint density at radius 1 is 1.14 bits per heavy atom. The molecule has 0 saturated carbocycles. The van der Waals surface area contributed by atoms with Crippen LogP contribution in [0.2, 0.25) is 0 Å². The molecule has 4 nitrogen and oxygen atoms in total. The summed E-state index contributed by atoms with van der Waals surface area (Å²) in [6, 6.07) is 7.17. The third kappa shape index (κ3) is 3.00. The molecule has 2 aromatic rings. The van der Waals surface area contributed by atoms with E-state index in [1.165, 1.54) is 4.90 Å². The molecule has 1 saturated heterocycles. The van der Waals surface area contributed by atoms with Crippen LogP contribution in [0.1, 0.15) is 23.2 Å². The molecule has 3 rings (SSSR count). The minimum absolute atomic E-state index is 0.107. The molecule has 0 bridgehead atoms. The summed E-state index contributed by atoms with van der Waals surface area (Å²) in [6.07, 6.45) is 3.13. The molecule has 1 aliphatic heterocycles. The Hall–Kier alpha value is -2.24. The molecular weight excluding hydrogens is 288 g/mol. The summed E-state index contributed by atoms with van der Waals surface area (Å²) in [5.41, 5.74) is 2.46. The molecule has 0 atom stereocenters. The van der Waals surface area contributed by atoms with Crippen LogP contribution in [0, 0.1) is 0 Å². The summed E-state index contributed by atoms with van der Waals surface area (Å²) in [7, 11) is 1.84. The van der Waals surface area contributed by atoms with Crippen LogP contribution in [0.25, 0.3) is 11.1 Å². The number of amides is 1. The van der Waals surface area contributed by atoms with E-state index in [0.29, 0.717) is 5.56 Å². The number of benzene rings is 1. The fraction of sp³-hybridized carbons (Fsp3) is 0.375. The lowest BCUT2D eigenvalue weighted by Gasteiger charge is -2.31. The number of hydrogen-bond acceptors (Lipinski definition) is 2. The van der Waals surface area contributed by atoms with Gasteiger partial charge in [-0.1, -0.05) is 12.1 Å². The van der Waals surface area contributed by atoms with Crippen molar-refractivity contribution in [2.75, 3.05) is 13.1 Å². The number of halogens is 2. The number of aryl methyl sites for hydroxylation is 1. The van der Waals surface area contributed by atoms with Crippen LogP contribution in [0.4, 0.5) is 8.78 Å². The molecule has 1 amide bonds. The number of piperidine rings is 1. The molecule has 0 radical (unpaired) electrons. The lowest BCUT2D eigenvalue weighted by molar-refractivity contribution is -0.0494. The van der Waals surface area contributed by atoms with Crippen LogP contribution in [0.5, 0.6) is 0 Å². The van der Waals surface area contributed by atoms with Crippen molar-refractivity contribution >= 4 is 5.91 Å². The molecule has 0 N–H and O–H groups in total. The van der Waals surface area contributed by atoms with E-state index in [4.69, 9.17) is 0 Å². The second-order valence-corrected chi connectivity index (χ2v) is 5.63. The number of carbonyl (C=O) groups is 1. The van der Waals surface area contributed by atoms with Crippen LogP contribution in [0.15, 0.2) is 36.7 Å². The molecule has 22 heavy (non-hydrogen) atoms. The van der Waals surface area contributed by atoms with E-state index in [2.05, 4.69) is 5.10 Å². The van der Waals surface area contributed by atoms with Gasteiger partial charge in [0.25, 0.3) is 11.8 Å². The maximum absolute atomic E-state index is 13.1. The van der Waals surface area contributed by atoms with E-state index >= 15 is 0 Å². The van der Waals surface area contributed by atoms with E-state index in [0.717, 1.165) is 11.1 Å². The van der Waals surface area contributed by atoms with Crippen LogP contribution in [-0.2, 0) is 7.05 Å². The maximum Gasteiger partial charge on any atom is 0.253 e. The van der Waals surface area contributed by atoms with Crippen LogP contribution in [-0.4, -0.2) is 39.6 Å². The molecule has 2 heterocycles.